The van der Waals surface area contributed by atoms with Gasteiger partial charge in [0.25, 0.3) is 0 Å². The lowest BCUT2D eigenvalue weighted by molar-refractivity contribution is 0.574. The molecule has 0 spiro atoms. The molecule has 1 nitrogen and oxygen atoms in total. The Labute approximate surface area is 129 Å². The molecule has 0 aliphatic rings. The molecule has 2 rings (SSSR count). The number of hydrogen-bond donors (Lipinski definition) is 1. The Bertz CT molecular complexity index is 537. The Morgan fingerprint density at radius 2 is 1.38 bits per heavy atom. The maximum atomic E-state index is 3.59. The number of nitrogens with one attached hydrogen (secondary N) is 1. The molecule has 21 heavy (non-hydrogen) atoms. The number of benzene rings is 2. The highest BCUT2D eigenvalue weighted by Crippen LogP contribution is 2.15. The summed E-state index contributed by atoms with van der Waals surface area (Å²) in [7, 11) is 0. The van der Waals surface area contributed by atoms with Crippen LogP contribution in [0.5, 0.6) is 0 Å². The average molecular weight is 281 g/mol. The highest BCUT2D eigenvalue weighted by molar-refractivity contribution is 5.25. The number of hydrogen-bond acceptors (Lipinski definition) is 1. The van der Waals surface area contributed by atoms with Gasteiger partial charge in [0.15, 0.2) is 0 Å². The van der Waals surface area contributed by atoms with Gasteiger partial charge >= 0.3 is 0 Å². The van der Waals surface area contributed by atoms with Gasteiger partial charge in [0.2, 0.25) is 0 Å². The van der Waals surface area contributed by atoms with Gasteiger partial charge in [-0.1, -0.05) is 67.9 Å². The van der Waals surface area contributed by atoms with Crippen LogP contribution in [0.4, 0.5) is 0 Å². The van der Waals surface area contributed by atoms with Crippen LogP contribution in [0.25, 0.3) is 0 Å². The van der Waals surface area contributed by atoms with E-state index in [4.69, 9.17) is 0 Å². The van der Waals surface area contributed by atoms with E-state index >= 15 is 0 Å². The van der Waals surface area contributed by atoms with Crippen molar-refractivity contribution < 1.29 is 0 Å². The fourth-order valence-corrected chi connectivity index (χ4v) is 2.51. The van der Waals surface area contributed by atoms with E-state index in [1.54, 1.807) is 0 Å². The normalized spacial score (nSPS) is 12.6. The van der Waals surface area contributed by atoms with Crippen molar-refractivity contribution in [1.82, 2.24) is 5.32 Å². The summed E-state index contributed by atoms with van der Waals surface area (Å²) < 4.78 is 0. The summed E-state index contributed by atoms with van der Waals surface area (Å²) in [4.78, 5) is 0. The molecule has 0 heterocycles. The quantitative estimate of drug-likeness (QED) is 0.781. The SMILES string of the molecule is Cc1ccc([C@@H](C)NCc2ccc(CC(C)C)cc2)cc1. The fraction of sp³-hybridized carbons (Fsp3) is 0.400. The van der Waals surface area contributed by atoms with Crippen LogP contribution in [-0.2, 0) is 13.0 Å². The first kappa shape index (κ1) is 15.8. The predicted octanol–water partition coefficient (Wildman–Crippen LogP) is 5.04. The van der Waals surface area contributed by atoms with Crippen molar-refractivity contribution in [2.24, 2.45) is 5.92 Å². The Hall–Kier alpha value is -1.60. The minimum atomic E-state index is 0.376. The van der Waals surface area contributed by atoms with E-state index in [9.17, 15) is 0 Å². The molecule has 0 aliphatic heterocycles. The molecule has 0 aromatic heterocycles. The van der Waals surface area contributed by atoms with Crippen molar-refractivity contribution >= 4 is 0 Å². The summed E-state index contributed by atoms with van der Waals surface area (Å²) in [5, 5.41) is 3.59. The Morgan fingerprint density at radius 3 is 1.95 bits per heavy atom. The van der Waals surface area contributed by atoms with Crippen LogP contribution in [0, 0.1) is 12.8 Å². The molecular formula is C20H27N. The van der Waals surface area contributed by atoms with Gasteiger partial charge in [-0.25, -0.2) is 0 Å². The van der Waals surface area contributed by atoms with E-state index in [1.807, 2.05) is 0 Å². The molecule has 0 bridgehead atoms. The zero-order chi connectivity index (χ0) is 15.2. The molecule has 1 atom stereocenters. The first-order valence-electron chi connectivity index (χ1n) is 7.92. The molecule has 2 aromatic rings. The van der Waals surface area contributed by atoms with Gasteiger partial charge < -0.3 is 5.32 Å². The molecule has 112 valence electrons. The van der Waals surface area contributed by atoms with Crippen LogP contribution < -0.4 is 5.32 Å². The van der Waals surface area contributed by atoms with E-state index in [0.717, 1.165) is 18.9 Å². The molecule has 1 N–H and O–H groups in total. The first-order chi connectivity index (χ1) is 10.0. The van der Waals surface area contributed by atoms with E-state index in [2.05, 4.69) is 81.5 Å². The van der Waals surface area contributed by atoms with Gasteiger partial charge in [-0.05, 0) is 42.9 Å². The third kappa shape index (κ3) is 5.02. The maximum Gasteiger partial charge on any atom is 0.0294 e. The minimum absolute atomic E-state index is 0.376. The molecule has 0 unspecified atom stereocenters. The third-order valence-electron chi connectivity index (χ3n) is 3.86. The molecule has 0 saturated carbocycles. The zero-order valence-corrected chi connectivity index (χ0v) is 13.7. The van der Waals surface area contributed by atoms with Gasteiger partial charge in [-0.3, -0.25) is 0 Å². The average Bonchev–Trinajstić information content (AvgIpc) is 2.46. The van der Waals surface area contributed by atoms with Crippen LogP contribution in [0.3, 0.4) is 0 Å². The van der Waals surface area contributed by atoms with E-state index in [-0.39, 0.29) is 0 Å². The van der Waals surface area contributed by atoms with Crippen LogP contribution in [0.2, 0.25) is 0 Å². The molecule has 0 amide bonds. The lowest BCUT2D eigenvalue weighted by atomic mass is 10.0. The summed E-state index contributed by atoms with van der Waals surface area (Å²) >= 11 is 0. The largest absolute Gasteiger partial charge is 0.306 e. The Morgan fingerprint density at radius 1 is 0.810 bits per heavy atom. The summed E-state index contributed by atoms with van der Waals surface area (Å²) in [6.07, 6.45) is 1.16. The monoisotopic (exact) mass is 281 g/mol. The summed E-state index contributed by atoms with van der Waals surface area (Å²) in [6.45, 7) is 9.78. The van der Waals surface area contributed by atoms with Crippen molar-refractivity contribution in [1.29, 1.82) is 0 Å². The van der Waals surface area contributed by atoms with Crippen molar-refractivity contribution in [3.63, 3.8) is 0 Å². The van der Waals surface area contributed by atoms with Crippen molar-refractivity contribution in [2.75, 3.05) is 0 Å². The summed E-state index contributed by atoms with van der Waals surface area (Å²) in [5.74, 6) is 0.718. The molecule has 0 aliphatic carbocycles. The second kappa shape index (κ2) is 7.42. The van der Waals surface area contributed by atoms with Crippen molar-refractivity contribution in [3.8, 4) is 0 Å². The highest BCUT2D eigenvalue weighted by atomic mass is 14.9. The lowest BCUT2D eigenvalue weighted by Crippen LogP contribution is -2.18. The van der Waals surface area contributed by atoms with Gasteiger partial charge in [0, 0.05) is 12.6 Å². The molecule has 2 aromatic carbocycles. The third-order valence-corrected chi connectivity index (χ3v) is 3.86. The second-order valence-electron chi connectivity index (χ2n) is 6.43. The zero-order valence-electron chi connectivity index (χ0n) is 13.7. The van der Waals surface area contributed by atoms with E-state index in [0.29, 0.717) is 6.04 Å². The lowest BCUT2D eigenvalue weighted by Gasteiger charge is -2.15. The smallest absolute Gasteiger partial charge is 0.0294 e. The van der Waals surface area contributed by atoms with E-state index in [1.165, 1.54) is 22.3 Å². The Kier molecular flexibility index (Phi) is 5.58. The summed E-state index contributed by atoms with van der Waals surface area (Å²) in [6, 6.07) is 18.1. The maximum absolute atomic E-state index is 3.59. The summed E-state index contributed by atoms with van der Waals surface area (Å²) in [5.41, 5.74) is 5.44. The molecule has 1 heteroatoms. The van der Waals surface area contributed by atoms with Crippen LogP contribution >= 0.6 is 0 Å². The first-order valence-corrected chi connectivity index (χ1v) is 7.92. The molecular weight excluding hydrogens is 254 g/mol. The van der Waals surface area contributed by atoms with Gasteiger partial charge in [0.05, 0.1) is 0 Å². The van der Waals surface area contributed by atoms with Gasteiger partial charge in [-0.2, -0.15) is 0 Å². The molecule has 0 fully saturated rings. The van der Waals surface area contributed by atoms with Gasteiger partial charge in [0.1, 0.15) is 0 Å². The molecule has 0 saturated heterocycles. The second-order valence-corrected chi connectivity index (χ2v) is 6.43. The number of aryl methyl sites for hydroxylation is 1. The van der Waals surface area contributed by atoms with Gasteiger partial charge in [-0.15, -0.1) is 0 Å². The van der Waals surface area contributed by atoms with Crippen LogP contribution in [0.1, 0.15) is 49.1 Å². The predicted molar refractivity (Wildman–Crippen MR) is 91.4 cm³/mol. The topological polar surface area (TPSA) is 12.0 Å². The van der Waals surface area contributed by atoms with E-state index < -0.39 is 0 Å². The van der Waals surface area contributed by atoms with Crippen molar-refractivity contribution in [2.45, 2.75) is 46.7 Å². The van der Waals surface area contributed by atoms with Crippen LogP contribution in [-0.4, -0.2) is 0 Å². The fourth-order valence-electron chi connectivity index (χ4n) is 2.51. The molecule has 0 radical (unpaired) electrons. The minimum Gasteiger partial charge on any atom is -0.306 e. The standard InChI is InChI=1S/C20H27N/c1-15(2)13-18-7-9-19(10-8-18)14-21-17(4)20-11-5-16(3)6-12-20/h5-12,15,17,21H,13-14H2,1-4H3/t17-/m1/s1. The number of rotatable bonds is 6. The van der Waals surface area contributed by atoms with Crippen LogP contribution in [0.15, 0.2) is 48.5 Å². The highest BCUT2D eigenvalue weighted by Gasteiger charge is 2.04. The van der Waals surface area contributed by atoms with Crippen molar-refractivity contribution in [3.05, 3.63) is 70.8 Å². The Balaban J connectivity index is 1.88.